The number of hydrogen-bond acceptors (Lipinski definition) is 4. The third-order valence-electron chi connectivity index (χ3n) is 3.58. The van der Waals surface area contributed by atoms with Gasteiger partial charge in [-0.05, 0) is 30.5 Å². The third-order valence-corrected chi connectivity index (χ3v) is 5.57. The molecule has 0 amide bonds. The van der Waals surface area contributed by atoms with Crippen LogP contribution < -0.4 is 5.73 Å². The minimum Gasteiger partial charge on any atom is -0.399 e. The lowest BCUT2D eigenvalue weighted by Gasteiger charge is -2.34. The number of benzene rings is 1. The molecule has 6 heteroatoms. The molecule has 0 aromatic heterocycles. The van der Waals surface area contributed by atoms with Gasteiger partial charge >= 0.3 is 0 Å². The Labute approximate surface area is 121 Å². The Balaban J connectivity index is 3.35. The summed E-state index contributed by atoms with van der Waals surface area (Å²) in [6, 6.07) is 5.93. The molecule has 20 heavy (non-hydrogen) atoms. The third kappa shape index (κ3) is 3.11. The molecule has 0 bridgehead atoms. The Kier molecular flexibility index (Phi) is 4.47. The summed E-state index contributed by atoms with van der Waals surface area (Å²) in [6.45, 7) is 7.76. The van der Waals surface area contributed by atoms with Crippen LogP contribution in [0.1, 0.15) is 33.3 Å². The van der Waals surface area contributed by atoms with Gasteiger partial charge in [0.1, 0.15) is 11.0 Å². The number of nitriles is 1. The van der Waals surface area contributed by atoms with Crippen LogP contribution in [0, 0.1) is 16.7 Å². The van der Waals surface area contributed by atoms with Crippen molar-refractivity contribution in [2.45, 2.75) is 38.6 Å². The normalized spacial score (nSPS) is 14.1. The Morgan fingerprint density at radius 3 is 2.35 bits per heavy atom. The molecule has 1 unspecified atom stereocenters. The van der Waals surface area contributed by atoms with Crippen molar-refractivity contribution in [2.24, 2.45) is 5.41 Å². The number of anilines is 1. The van der Waals surface area contributed by atoms with Crippen LogP contribution in [0.3, 0.4) is 0 Å². The summed E-state index contributed by atoms with van der Waals surface area (Å²) in [7, 11) is -2.20. The quantitative estimate of drug-likeness (QED) is 0.866. The van der Waals surface area contributed by atoms with Crippen LogP contribution in [0.5, 0.6) is 0 Å². The van der Waals surface area contributed by atoms with Crippen molar-refractivity contribution < 1.29 is 8.42 Å². The highest BCUT2D eigenvalue weighted by Gasteiger charge is 2.33. The first kappa shape index (κ1) is 16.5. The standard InChI is InChI=1S/C14H21N3O2S/c1-10(14(2,3)4)17(5)20(18,19)13-7-6-12(16)8-11(13)9-15/h6-8,10H,16H2,1-5H3. The molecular weight excluding hydrogens is 274 g/mol. The topological polar surface area (TPSA) is 87.2 Å². The SMILES string of the molecule is CC(N(C)S(=O)(=O)c1ccc(N)cc1C#N)C(C)(C)C. The van der Waals surface area contributed by atoms with E-state index in [1.165, 1.54) is 29.6 Å². The predicted octanol–water partition coefficient (Wildman–Crippen LogP) is 2.20. The molecule has 1 atom stereocenters. The number of rotatable bonds is 3. The van der Waals surface area contributed by atoms with Gasteiger partial charge in [0.15, 0.2) is 0 Å². The summed E-state index contributed by atoms with van der Waals surface area (Å²) in [6.07, 6.45) is 0. The van der Waals surface area contributed by atoms with E-state index in [4.69, 9.17) is 11.0 Å². The molecular formula is C14H21N3O2S. The van der Waals surface area contributed by atoms with E-state index in [0.29, 0.717) is 5.69 Å². The van der Waals surface area contributed by atoms with Gasteiger partial charge in [-0.15, -0.1) is 0 Å². The molecule has 0 saturated heterocycles. The van der Waals surface area contributed by atoms with Crippen molar-refractivity contribution in [3.63, 3.8) is 0 Å². The Morgan fingerprint density at radius 2 is 1.90 bits per heavy atom. The maximum absolute atomic E-state index is 12.6. The second-order valence-electron chi connectivity index (χ2n) is 5.93. The molecule has 0 spiro atoms. The first-order valence-corrected chi connectivity index (χ1v) is 7.73. The Hall–Kier alpha value is -1.58. The number of sulfonamides is 1. The second-order valence-corrected chi connectivity index (χ2v) is 7.90. The maximum Gasteiger partial charge on any atom is 0.244 e. The van der Waals surface area contributed by atoms with Crippen LogP contribution in [0.25, 0.3) is 0 Å². The van der Waals surface area contributed by atoms with Crippen LogP contribution in [0.15, 0.2) is 23.1 Å². The average Bonchev–Trinajstić information content (AvgIpc) is 2.35. The fourth-order valence-electron chi connectivity index (χ4n) is 1.77. The van der Waals surface area contributed by atoms with Gasteiger partial charge < -0.3 is 5.73 Å². The zero-order valence-electron chi connectivity index (χ0n) is 12.5. The Bertz CT molecular complexity index is 639. The summed E-state index contributed by atoms with van der Waals surface area (Å²) in [4.78, 5) is -0.00667. The summed E-state index contributed by atoms with van der Waals surface area (Å²) in [5.41, 5.74) is 5.82. The average molecular weight is 295 g/mol. The fraction of sp³-hybridized carbons (Fsp3) is 0.500. The van der Waals surface area contributed by atoms with E-state index in [1.807, 2.05) is 33.8 Å². The molecule has 0 radical (unpaired) electrons. The molecule has 0 aliphatic carbocycles. The zero-order chi connectivity index (χ0) is 15.7. The molecule has 5 nitrogen and oxygen atoms in total. The van der Waals surface area contributed by atoms with E-state index >= 15 is 0 Å². The van der Waals surface area contributed by atoms with E-state index in [-0.39, 0.29) is 21.9 Å². The first-order valence-electron chi connectivity index (χ1n) is 6.29. The molecule has 0 aliphatic heterocycles. The summed E-state index contributed by atoms with van der Waals surface area (Å²) in [5, 5.41) is 9.10. The largest absolute Gasteiger partial charge is 0.399 e. The lowest BCUT2D eigenvalue weighted by atomic mass is 9.88. The van der Waals surface area contributed by atoms with Gasteiger partial charge in [-0.2, -0.15) is 9.57 Å². The van der Waals surface area contributed by atoms with Crippen LogP contribution >= 0.6 is 0 Å². The summed E-state index contributed by atoms with van der Waals surface area (Å²) >= 11 is 0. The Morgan fingerprint density at radius 1 is 1.35 bits per heavy atom. The molecule has 1 aromatic carbocycles. The van der Waals surface area contributed by atoms with Crippen LogP contribution in [-0.2, 0) is 10.0 Å². The van der Waals surface area contributed by atoms with E-state index in [1.54, 1.807) is 0 Å². The number of hydrogen-bond donors (Lipinski definition) is 1. The van der Waals surface area contributed by atoms with Crippen molar-refractivity contribution in [3.05, 3.63) is 23.8 Å². The van der Waals surface area contributed by atoms with Crippen molar-refractivity contribution in [3.8, 4) is 6.07 Å². The molecule has 0 heterocycles. The molecule has 2 N–H and O–H groups in total. The molecule has 0 fully saturated rings. The highest BCUT2D eigenvalue weighted by Crippen LogP contribution is 2.29. The molecule has 110 valence electrons. The smallest absolute Gasteiger partial charge is 0.244 e. The van der Waals surface area contributed by atoms with Gasteiger partial charge in [0.2, 0.25) is 10.0 Å². The molecule has 0 aliphatic rings. The van der Waals surface area contributed by atoms with Gasteiger partial charge in [-0.25, -0.2) is 8.42 Å². The minimum absolute atomic E-state index is 0.00667. The van der Waals surface area contributed by atoms with E-state index in [2.05, 4.69) is 0 Å². The van der Waals surface area contributed by atoms with Crippen molar-refractivity contribution in [1.82, 2.24) is 4.31 Å². The van der Waals surface area contributed by atoms with Gasteiger partial charge in [-0.1, -0.05) is 20.8 Å². The van der Waals surface area contributed by atoms with Crippen LogP contribution in [0.2, 0.25) is 0 Å². The van der Waals surface area contributed by atoms with Gasteiger partial charge in [0.25, 0.3) is 0 Å². The molecule has 1 aromatic rings. The highest BCUT2D eigenvalue weighted by atomic mass is 32.2. The summed E-state index contributed by atoms with van der Waals surface area (Å²) in [5.74, 6) is 0. The monoisotopic (exact) mass is 295 g/mol. The maximum atomic E-state index is 12.6. The van der Waals surface area contributed by atoms with Crippen LogP contribution in [-0.4, -0.2) is 25.8 Å². The first-order chi connectivity index (χ1) is 9.01. The summed E-state index contributed by atoms with van der Waals surface area (Å²) < 4.78 is 26.6. The van der Waals surface area contributed by atoms with Crippen LogP contribution in [0.4, 0.5) is 5.69 Å². The molecule has 1 rings (SSSR count). The van der Waals surface area contributed by atoms with Crippen molar-refractivity contribution in [1.29, 1.82) is 5.26 Å². The van der Waals surface area contributed by atoms with Gasteiger partial charge in [-0.3, -0.25) is 0 Å². The van der Waals surface area contributed by atoms with E-state index < -0.39 is 10.0 Å². The zero-order valence-corrected chi connectivity index (χ0v) is 13.3. The van der Waals surface area contributed by atoms with E-state index in [0.717, 1.165) is 0 Å². The number of nitrogen functional groups attached to an aromatic ring is 1. The lowest BCUT2D eigenvalue weighted by molar-refractivity contribution is 0.216. The fourth-order valence-corrected chi connectivity index (χ4v) is 3.43. The van der Waals surface area contributed by atoms with Gasteiger partial charge in [0.05, 0.1) is 5.56 Å². The second kappa shape index (κ2) is 5.43. The van der Waals surface area contributed by atoms with Crippen molar-refractivity contribution >= 4 is 15.7 Å². The number of nitrogens with zero attached hydrogens (tertiary/aromatic N) is 2. The van der Waals surface area contributed by atoms with Gasteiger partial charge in [0, 0.05) is 18.8 Å². The van der Waals surface area contributed by atoms with Crippen molar-refractivity contribution in [2.75, 3.05) is 12.8 Å². The highest BCUT2D eigenvalue weighted by molar-refractivity contribution is 7.89. The predicted molar refractivity (Wildman–Crippen MR) is 79.4 cm³/mol. The minimum atomic E-state index is -3.73. The lowest BCUT2D eigenvalue weighted by Crippen LogP contribution is -2.43. The van der Waals surface area contributed by atoms with E-state index in [9.17, 15) is 8.42 Å². The molecule has 0 saturated carbocycles. The number of nitrogens with two attached hydrogens (primary N) is 1.